The second-order valence-electron chi connectivity index (χ2n) is 3.58. The first-order valence-electron chi connectivity index (χ1n) is 5.22. The molecule has 1 heterocycles. The number of anilines is 1. The summed E-state index contributed by atoms with van der Waals surface area (Å²) in [5.41, 5.74) is 1.40. The van der Waals surface area contributed by atoms with E-state index in [0.29, 0.717) is 11.5 Å². The van der Waals surface area contributed by atoms with Crippen LogP contribution in [-0.4, -0.2) is 26.1 Å². The van der Waals surface area contributed by atoms with Gasteiger partial charge < -0.3 is 5.32 Å². The Morgan fingerprint density at radius 2 is 2.39 bits per heavy atom. The van der Waals surface area contributed by atoms with E-state index in [2.05, 4.69) is 20.8 Å². The molecule has 90 valence electrons. The standard InChI is InChI=1S/C11H10N6O/c1-8(18)13-10-4-2-3-9(7-10)11-14-15-16-17(11)6-5-12/h2-4,7H,6H2,1H3,(H,13,18). The first-order valence-corrected chi connectivity index (χ1v) is 5.22. The zero-order chi connectivity index (χ0) is 13.0. The number of amides is 1. The van der Waals surface area contributed by atoms with Gasteiger partial charge in [0.2, 0.25) is 5.91 Å². The molecule has 0 atom stereocenters. The van der Waals surface area contributed by atoms with Crippen LogP contribution in [0.4, 0.5) is 5.69 Å². The summed E-state index contributed by atoms with van der Waals surface area (Å²) >= 11 is 0. The second-order valence-corrected chi connectivity index (χ2v) is 3.58. The third-order valence-corrected chi connectivity index (χ3v) is 2.19. The summed E-state index contributed by atoms with van der Waals surface area (Å²) in [6.45, 7) is 1.51. The SMILES string of the molecule is CC(=O)Nc1cccc(-c2nnnn2CC#N)c1. The average molecular weight is 242 g/mol. The van der Waals surface area contributed by atoms with E-state index in [1.807, 2.05) is 12.1 Å². The summed E-state index contributed by atoms with van der Waals surface area (Å²) in [4.78, 5) is 11.0. The number of carbonyl (C=O) groups excluding carboxylic acids is 1. The molecular weight excluding hydrogens is 232 g/mol. The van der Waals surface area contributed by atoms with Gasteiger partial charge in [0.15, 0.2) is 5.82 Å². The van der Waals surface area contributed by atoms with Crippen LogP contribution < -0.4 is 5.32 Å². The molecule has 0 unspecified atom stereocenters. The fourth-order valence-corrected chi connectivity index (χ4v) is 1.52. The van der Waals surface area contributed by atoms with Crippen LogP contribution in [0.1, 0.15) is 6.92 Å². The van der Waals surface area contributed by atoms with E-state index in [0.717, 1.165) is 5.56 Å². The van der Waals surface area contributed by atoms with Crippen molar-refractivity contribution >= 4 is 11.6 Å². The van der Waals surface area contributed by atoms with Gasteiger partial charge in [-0.15, -0.1) is 5.10 Å². The van der Waals surface area contributed by atoms with Crippen molar-refractivity contribution in [2.24, 2.45) is 0 Å². The topological polar surface area (TPSA) is 96.5 Å². The van der Waals surface area contributed by atoms with Crippen LogP contribution in [0.2, 0.25) is 0 Å². The van der Waals surface area contributed by atoms with E-state index in [4.69, 9.17) is 5.26 Å². The molecule has 0 fully saturated rings. The minimum atomic E-state index is -0.149. The van der Waals surface area contributed by atoms with Crippen molar-refractivity contribution in [1.82, 2.24) is 20.2 Å². The van der Waals surface area contributed by atoms with Gasteiger partial charge in [0.1, 0.15) is 6.54 Å². The number of tetrazole rings is 1. The monoisotopic (exact) mass is 242 g/mol. The van der Waals surface area contributed by atoms with Gasteiger partial charge in [0.05, 0.1) is 6.07 Å². The minimum absolute atomic E-state index is 0.0761. The Kier molecular flexibility index (Phi) is 3.29. The Bertz CT molecular complexity index is 612. The van der Waals surface area contributed by atoms with Gasteiger partial charge in [0.25, 0.3) is 0 Å². The molecule has 1 amide bonds. The van der Waals surface area contributed by atoms with Gasteiger partial charge in [-0.1, -0.05) is 12.1 Å². The summed E-state index contributed by atoms with van der Waals surface area (Å²) in [6.07, 6.45) is 0. The third-order valence-electron chi connectivity index (χ3n) is 2.19. The van der Waals surface area contributed by atoms with Crippen LogP contribution in [0.15, 0.2) is 24.3 Å². The number of rotatable bonds is 3. The number of nitrogens with one attached hydrogen (secondary N) is 1. The molecule has 18 heavy (non-hydrogen) atoms. The van der Waals surface area contributed by atoms with Gasteiger partial charge in [-0.2, -0.15) is 5.26 Å². The molecule has 2 aromatic rings. The Balaban J connectivity index is 2.36. The second kappa shape index (κ2) is 5.05. The van der Waals surface area contributed by atoms with Crippen molar-refractivity contribution in [3.8, 4) is 17.5 Å². The fourth-order valence-electron chi connectivity index (χ4n) is 1.52. The highest BCUT2D eigenvalue weighted by atomic mass is 16.1. The quantitative estimate of drug-likeness (QED) is 0.859. The van der Waals surface area contributed by atoms with Crippen molar-refractivity contribution in [3.05, 3.63) is 24.3 Å². The summed E-state index contributed by atoms with van der Waals surface area (Å²) in [5, 5.41) is 22.5. The zero-order valence-corrected chi connectivity index (χ0v) is 9.66. The van der Waals surface area contributed by atoms with Gasteiger partial charge in [0, 0.05) is 18.2 Å². The molecule has 0 aliphatic carbocycles. The van der Waals surface area contributed by atoms with Crippen molar-refractivity contribution in [3.63, 3.8) is 0 Å². The highest BCUT2D eigenvalue weighted by Crippen LogP contribution is 2.19. The summed E-state index contributed by atoms with van der Waals surface area (Å²) in [7, 11) is 0. The summed E-state index contributed by atoms with van der Waals surface area (Å²) in [5.74, 6) is 0.340. The number of carbonyl (C=O) groups is 1. The van der Waals surface area contributed by atoms with Gasteiger partial charge in [-0.3, -0.25) is 4.79 Å². The lowest BCUT2D eigenvalue weighted by Gasteiger charge is -2.04. The van der Waals surface area contributed by atoms with E-state index < -0.39 is 0 Å². The highest BCUT2D eigenvalue weighted by molar-refractivity contribution is 5.89. The molecular formula is C11H10N6O. The van der Waals surface area contributed by atoms with Crippen molar-refractivity contribution in [1.29, 1.82) is 5.26 Å². The zero-order valence-electron chi connectivity index (χ0n) is 9.66. The summed E-state index contributed by atoms with van der Waals surface area (Å²) in [6, 6.07) is 9.09. The predicted octanol–water partition coefficient (Wildman–Crippen LogP) is 0.822. The van der Waals surface area contributed by atoms with Gasteiger partial charge >= 0.3 is 0 Å². The number of aromatic nitrogens is 4. The minimum Gasteiger partial charge on any atom is -0.326 e. The van der Waals surface area contributed by atoms with Crippen molar-refractivity contribution in [2.45, 2.75) is 13.5 Å². The van der Waals surface area contributed by atoms with Crippen LogP contribution >= 0.6 is 0 Å². The molecule has 7 heteroatoms. The molecule has 1 aromatic carbocycles. The Morgan fingerprint density at radius 3 is 3.11 bits per heavy atom. The molecule has 0 saturated carbocycles. The molecule has 0 bridgehead atoms. The van der Waals surface area contributed by atoms with E-state index in [9.17, 15) is 4.79 Å². The Morgan fingerprint density at radius 1 is 1.56 bits per heavy atom. The smallest absolute Gasteiger partial charge is 0.221 e. The van der Waals surface area contributed by atoms with Crippen LogP contribution in [0.25, 0.3) is 11.4 Å². The largest absolute Gasteiger partial charge is 0.326 e. The molecule has 1 N–H and O–H groups in total. The summed E-state index contributed by atoms with van der Waals surface area (Å²) < 4.78 is 1.40. The highest BCUT2D eigenvalue weighted by Gasteiger charge is 2.09. The molecule has 0 spiro atoms. The maximum Gasteiger partial charge on any atom is 0.221 e. The molecule has 1 aromatic heterocycles. The average Bonchev–Trinajstić information content (AvgIpc) is 2.77. The number of nitrogens with zero attached hydrogens (tertiary/aromatic N) is 5. The number of hydrogen-bond donors (Lipinski definition) is 1. The number of benzene rings is 1. The molecule has 0 saturated heterocycles. The molecule has 0 aliphatic rings. The molecule has 0 radical (unpaired) electrons. The lowest BCUT2D eigenvalue weighted by Crippen LogP contribution is -2.06. The van der Waals surface area contributed by atoms with Crippen molar-refractivity contribution < 1.29 is 4.79 Å². The molecule has 2 rings (SSSR count). The van der Waals surface area contributed by atoms with Gasteiger partial charge in [-0.05, 0) is 22.6 Å². The lowest BCUT2D eigenvalue weighted by atomic mass is 10.2. The van der Waals surface area contributed by atoms with E-state index in [-0.39, 0.29) is 12.5 Å². The lowest BCUT2D eigenvalue weighted by molar-refractivity contribution is -0.114. The first kappa shape index (κ1) is 11.7. The fraction of sp³-hybridized carbons (Fsp3) is 0.182. The number of hydrogen-bond acceptors (Lipinski definition) is 5. The normalized spacial score (nSPS) is 9.78. The van der Waals surface area contributed by atoms with Gasteiger partial charge in [-0.25, -0.2) is 4.68 Å². The van der Waals surface area contributed by atoms with E-state index >= 15 is 0 Å². The molecule has 0 aliphatic heterocycles. The predicted molar refractivity (Wildman–Crippen MR) is 63.2 cm³/mol. The van der Waals surface area contributed by atoms with Crippen LogP contribution in [0.5, 0.6) is 0 Å². The third kappa shape index (κ3) is 2.49. The van der Waals surface area contributed by atoms with Crippen LogP contribution in [0, 0.1) is 11.3 Å². The molecule has 7 nitrogen and oxygen atoms in total. The van der Waals surface area contributed by atoms with E-state index in [1.54, 1.807) is 18.2 Å². The number of nitriles is 1. The Labute approximate surface area is 103 Å². The van der Waals surface area contributed by atoms with Crippen molar-refractivity contribution in [2.75, 3.05) is 5.32 Å². The Hall–Kier alpha value is -2.75. The maximum absolute atomic E-state index is 11.0. The van der Waals surface area contributed by atoms with Crippen LogP contribution in [0.3, 0.4) is 0 Å². The maximum atomic E-state index is 11.0. The van der Waals surface area contributed by atoms with E-state index in [1.165, 1.54) is 11.6 Å². The first-order chi connectivity index (χ1) is 8.70. The van der Waals surface area contributed by atoms with Crippen LogP contribution in [-0.2, 0) is 11.3 Å².